The number of hydrogen-bond acceptors (Lipinski definition) is 6. The van der Waals surface area contributed by atoms with Crippen molar-refractivity contribution in [1.29, 1.82) is 5.26 Å². The fraction of sp³-hybridized carbons (Fsp3) is 0.357. The van der Waals surface area contributed by atoms with Crippen LogP contribution in [-0.2, 0) is 19.4 Å². The van der Waals surface area contributed by atoms with Crippen LogP contribution in [0.25, 0.3) is 0 Å². The van der Waals surface area contributed by atoms with Gasteiger partial charge in [0.2, 0.25) is 0 Å². The van der Waals surface area contributed by atoms with Gasteiger partial charge in [0.25, 0.3) is 11.8 Å². The Morgan fingerprint density at radius 3 is 2.64 bits per heavy atom. The quantitative estimate of drug-likeness (QED) is 0.559. The topological polar surface area (TPSA) is 89.3 Å². The Morgan fingerprint density at radius 1 is 1.03 bits per heavy atom. The number of rotatable bonds is 5. The zero-order valence-corrected chi connectivity index (χ0v) is 21.0. The molecule has 1 aliphatic heterocycles. The molecule has 36 heavy (non-hydrogen) atoms. The second kappa shape index (κ2) is 11.0. The first-order valence-corrected chi connectivity index (χ1v) is 13.3. The van der Waals surface area contributed by atoms with Gasteiger partial charge >= 0.3 is 0 Å². The van der Waals surface area contributed by atoms with Crippen molar-refractivity contribution in [1.82, 2.24) is 14.8 Å². The van der Waals surface area contributed by atoms with Gasteiger partial charge in [0.15, 0.2) is 0 Å². The lowest BCUT2D eigenvalue weighted by molar-refractivity contribution is 0.0761. The summed E-state index contributed by atoms with van der Waals surface area (Å²) in [4.78, 5) is 36.4. The molecule has 7 nitrogen and oxygen atoms in total. The molecule has 2 aromatic heterocycles. The molecule has 8 heteroatoms. The normalized spacial score (nSPS) is 16.0. The van der Waals surface area contributed by atoms with Crippen LogP contribution in [0.3, 0.4) is 0 Å². The number of aromatic nitrogens is 1. The molecule has 0 bridgehead atoms. The molecule has 1 aliphatic carbocycles. The molecule has 5 rings (SSSR count). The third kappa shape index (κ3) is 5.32. The van der Waals surface area contributed by atoms with Crippen LogP contribution in [0.1, 0.15) is 61.5 Å². The molecule has 0 radical (unpaired) electrons. The summed E-state index contributed by atoms with van der Waals surface area (Å²) in [6, 6.07) is 13.3. The summed E-state index contributed by atoms with van der Waals surface area (Å²) in [6.07, 6.45) is 8.10. The Hall–Kier alpha value is -3.54. The molecule has 2 amide bonds. The van der Waals surface area contributed by atoms with E-state index in [1.807, 2.05) is 29.2 Å². The van der Waals surface area contributed by atoms with Gasteiger partial charge in [0.1, 0.15) is 5.00 Å². The highest BCUT2D eigenvalue weighted by atomic mass is 32.1. The van der Waals surface area contributed by atoms with Gasteiger partial charge in [-0.1, -0.05) is 12.1 Å². The van der Waals surface area contributed by atoms with Crippen LogP contribution >= 0.6 is 11.3 Å². The molecule has 3 heterocycles. The Labute approximate surface area is 215 Å². The zero-order valence-electron chi connectivity index (χ0n) is 20.2. The number of amides is 2. The van der Waals surface area contributed by atoms with Crippen LogP contribution in [0.4, 0.5) is 5.00 Å². The Balaban J connectivity index is 1.32. The number of anilines is 1. The third-order valence-electron chi connectivity index (χ3n) is 6.90. The highest BCUT2D eigenvalue weighted by molar-refractivity contribution is 7.17. The van der Waals surface area contributed by atoms with Crippen molar-refractivity contribution in [2.75, 3.05) is 31.5 Å². The van der Waals surface area contributed by atoms with E-state index < -0.39 is 0 Å². The van der Waals surface area contributed by atoms with Crippen LogP contribution in [-0.4, -0.2) is 52.8 Å². The standard InChI is InChI=1S/C28H29N5O2S/c29-17-20-8-10-21(11-9-20)19-32-13-4-14-33(16-15-32)28(35)25-23-6-1-2-7-24(23)36-27(25)31-26(34)22-5-3-12-30-18-22/h3,5,8-12,18H,1-2,4,6-7,13-16,19H2,(H,31,34). The first-order chi connectivity index (χ1) is 17.6. The molecule has 0 saturated carbocycles. The predicted molar refractivity (Wildman–Crippen MR) is 140 cm³/mol. The van der Waals surface area contributed by atoms with Crippen LogP contribution in [0.5, 0.6) is 0 Å². The van der Waals surface area contributed by atoms with E-state index in [4.69, 9.17) is 5.26 Å². The molecule has 1 N–H and O–H groups in total. The van der Waals surface area contributed by atoms with Gasteiger partial charge in [0.05, 0.1) is 22.8 Å². The summed E-state index contributed by atoms with van der Waals surface area (Å²) < 4.78 is 0. The molecular formula is C28H29N5O2S. The van der Waals surface area contributed by atoms with Crippen molar-refractivity contribution >= 4 is 28.2 Å². The lowest BCUT2D eigenvalue weighted by Gasteiger charge is -2.23. The minimum Gasteiger partial charge on any atom is -0.337 e. The van der Waals surface area contributed by atoms with Crippen LogP contribution in [0, 0.1) is 11.3 Å². The highest BCUT2D eigenvalue weighted by Gasteiger charge is 2.30. The number of hydrogen-bond donors (Lipinski definition) is 1. The van der Waals surface area contributed by atoms with Gasteiger partial charge < -0.3 is 10.2 Å². The average molecular weight is 500 g/mol. The third-order valence-corrected chi connectivity index (χ3v) is 8.11. The lowest BCUT2D eigenvalue weighted by atomic mass is 9.95. The number of carbonyl (C=O) groups excluding carboxylic acids is 2. The molecule has 184 valence electrons. The minimum atomic E-state index is -0.236. The number of fused-ring (bicyclic) bond motifs is 1. The van der Waals surface area contributed by atoms with E-state index in [1.54, 1.807) is 35.9 Å². The maximum absolute atomic E-state index is 13.9. The van der Waals surface area contributed by atoms with Crippen molar-refractivity contribution in [3.8, 4) is 6.07 Å². The highest BCUT2D eigenvalue weighted by Crippen LogP contribution is 2.39. The number of carbonyl (C=O) groups is 2. The lowest BCUT2D eigenvalue weighted by Crippen LogP contribution is -2.36. The smallest absolute Gasteiger partial charge is 0.257 e. The van der Waals surface area contributed by atoms with Gasteiger partial charge in [-0.2, -0.15) is 5.26 Å². The van der Waals surface area contributed by atoms with Crippen molar-refractivity contribution in [3.63, 3.8) is 0 Å². The molecule has 3 aromatic rings. The minimum absolute atomic E-state index is 0.0242. The fourth-order valence-corrected chi connectivity index (χ4v) is 6.26. The van der Waals surface area contributed by atoms with Crippen molar-refractivity contribution in [2.45, 2.75) is 38.6 Å². The summed E-state index contributed by atoms with van der Waals surface area (Å²) in [5.41, 5.74) is 4.12. The zero-order chi connectivity index (χ0) is 24.9. The summed E-state index contributed by atoms with van der Waals surface area (Å²) in [5, 5.41) is 12.7. The molecule has 1 saturated heterocycles. The van der Waals surface area contributed by atoms with E-state index in [0.29, 0.717) is 34.8 Å². The second-order valence-electron chi connectivity index (χ2n) is 9.34. The van der Waals surface area contributed by atoms with Gasteiger partial charge in [0, 0.05) is 50.0 Å². The van der Waals surface area contributed by atoms with E-state index >= 15 is 0 Å². The molecule has 2 aliphatic rings. The number of thiophene rings is 1. The molecular weight excluding hydrogens is 470 g/mol. The largest absolute Gasteiger partial charge is 0.337 e. The van der Waals surface area contributed by atoms with E-state index in [1.165, 1.54) is 10.4 Å². The number of pyridine rings is 1. The summed E-state index contributed by atoms with van der Waals surface area (Å²) in [6.45, 7) is 3.85. The van der Waals surface area contributed by atoms with E-state index in [-0.39, 0.29) is 11.8 Å². The fourth-order valence-electron chi connectivity index (χ4n) is 4.99. The number of nitrogens with one attached hydrogen (secondary N) is 1. The van der Waals surface area contributed by atoms with Gasteiger partial charge in [-0.3, -0.25) is 19.5 Å². The van der Waals surface area contributed by atoms with Gasteiger partial charge in [-0.15, -0.1) is 11.3 Å². The van der Waals surface area contributed by atoms with Crippen LogP contribution in [0.15, 0.2) is 48.8 Å². The summed E-state index contributed by atoms with van der Waals surface area (Å²) in [7, 11) is 0. The van der Waals surface area contributed by atoms with E-state index in [9.17, 15) is 9.59 Å². The Kier molecular flexibility index (Phi) is 7.40. The van der Waals surface area contributed by atoms with Crippen LogP contribution in [0.2, 0.25) is 0 Å². The number of benzene rings is 1. The van der Waals surface area contributed by atoms with Gasteiger partial charge in [-0.25, -0.2) is 0 Å². The molecule has 0 unspecified atom stereocenters. The summed E-state index contributed by atoms with van der Waals surface area (Å²) >= 11 is 1.55. The first-order valence-electron chi connectivity index (χ1n) is 12.5. The molecule has 0 atom stereocenters. The monoisotopic (exact) mass is 499 g/mol. The van der Waals surface area contributed by atoms with Gasteiger partial charge in [-0.05, 0) is 67.5 Å². The Bertz CT molecular complexity index is 1280. The predicted octanol–water partition coefficient (Wildman–Crippen LogP) is 4.49. The number of nitrogens with zero attached hydrogens (tertiary/aromatic N) is 4. The molecule has 1 aromatic carbocycles. The molecule has 1 fully saturated rings. The van der Waals surface area contributed by atoms with Crippen LogP contribution < -0.4 is 5.32 Å². The van der Waals surface area contributed by atoms with Crippen molar-refractivity contribution in [3.05, 3.63) is 81.5 Å². The maximum Gasteiger partial charge on any atom is 0.257 e. The Morgan fingerprint density at radius 2 is 1.86 bits per heavy atom. The first kappa shape index (κ1) is 24.2. The van der Waals surface area contributed by atoms with Crippen molar-refractivity contribution in [2.24, 2.45) is 0 Å². The maximum atomic E-state index is 13.9. The summed E-state index contributed by atoms with van der Waals surface area (Å²) in [5.74, 6) is -0.212. The van der Waals surface area contributed by atoms with Crippen molar-refractivity contribution < 1.29 is 9.59 Å². The number of aryl methyl sites for hydroxylation is 1. The number of nitriles is 1. The molecule has 0 spiro atoms. The SMILES string of the molecule is N#Cc1ccc(CN2CCCN(C(=O)c3c(NC(=O)c4cccnc4)sc4c3CCCC4)CC2)cc1. The van der Waals surface area contributed by atoms with E-state index in [0.717, 1.165) is 57.3 Å². The second-order valence-corrected chi connectivity index (χ2v) is 10.4. The average Bonchev–Trinajstić information content (AvgIpc) is 3.11. The van der Waals surface area contributed by atoms with E-state index in [2.05, 4.69) is 21.3 Å².